The van der Waals surface area contributed by atoms with E-state index in [1.165, 1.54) is 61.9 Å². The van der Waals surface area contributed by atoms with Gasteiger partial charge in [0.15, 0.2) is 11.8 Å². The Hall–Kier alpha value is -0.514. The van der Waals surface area contributed by atoms with E-state index in [0.29, 0.717) is 0 Å². The fourth-order valence-corrected chi connectivity index (χ4v) is 1.66. The number of hydrogen-bond donors (Lipinski definition) is 1. The van der Waals surface area contributed by atoms with Crippen LogP contribution >= 0.6 is 15.9 Å². The zero-order chi connectivity index (χ0) is 34.6. The first-order chi connectivity index (χ1) is 19.3. The van der Waals surface area contributed by atoms with Crippen LogP contribution in [-0.2, 0) is 57.2 Å². The first-order valence-electron chi connectivity index (χ1n) is 11.7. The van der Waals surface area contributed by atoms with Crippen LogP contribution in [0.2, 0.25) is 0 Å². The van der Waals surface area contributed by atoms with Gasteiger partial charge in [0.1, 0.15) is 13.2 Å². The van der Waals surface area contributed by atoms with Crippen LogP contribution in [0.1, 0.15) is 48.5 Å². The summed E-state index contributed by atoms with van der Waals surface area (Å²) < 4.78 is 21.1. The predicted octanol–water partition coefficient (Wildman–Crippen LogP) is -4.81. The molecule has 0 saturated carbocycles. The van der Waals surface area contributed by atoms with Crippen molar-refractivity contribution in [2.24, 2.45) is 11.8 Å². The van der Waals surface area contributed by atoms with Crippen molar-refractivity contribution in [1.29, 1.82) is 0 Å². The molecule has 19 heteroatoms. The number of esters is 5. The van der Waals surface area contributed by atoms with Gasteiger partial charge in [0.25, 0.3) is 0 Å². The smallest absolute Gasteiger partial charge is 0.870 e. The molecule has 0 aliphatic rings. The number of alkyl halides is 1. The van der Waals surface area contributed by atoms with Crippen molar-refractivity contribution in [3.8, 4) is 0 Å². The maximum absolute atomic E-state index is 10.6. The number of carboxylic acid groups (broad SMARTS) is 1. The number of carboxylic acids is 1. The van der Waals surface area contributed by atoms with Gasteiger partial charge >= 0.3 is 117 Å². The van der Waals surface area contributed by atoms with Gasteiger partial charge in [0, 0.05) is 0 Å². The van der Waals surface area contributed by atoms with Crippen LogP contribution in [0.5, 0.6) is 0 Å². The normalized spacial score (nSPS) is 8.09. The standard InChI is InChI=1S/C6H15N.C6H10O4.2C5H8O4.CH3Br.CH3O.CH2O.CH4.K.Na.H2O/c1-4-7(5-2)6-3;1-4(5(7)9-2)6(8)10-3;1-8-4(6)3-5(7)9-2;1-3(4(6)7)5(8)9-2;3*1-2;;;;/h4-6H2,1-3H3;4H,1-3H3;3H2,1-2H3;3H,1-2H3,(H,6,7);2*1H3;1H2;1H4;;;1H2/q;;;;;-1;;;2*+1;/p-1. The topological polar surface area (TPSA) is 242 Å². The number of methoxy groups -OCH3 is 5. The molecular weight excluding hydrogens is 708 g/mol. The summed E-state index contributed by atoms with van der Waals surface area (Å²) in [5, 5.41) is 16.4. The van der Waals surface area contributed by atoms with E-state index in [2.05, 4.69) is 65.3 Å². The molecule has 0 saturated heterocycles. The molecule has 0 rings (SSSR count). The molecule has 0 aromatic carbocycles. The molecule has 0 aliphatic carbocycles. The van der Waals surface area contributed by atoms with Crippen molar-refractivity contribution in [3.63, 3.8) is 0 Å². The van der Waals surface area contributed by atoms with E-state index in [9.17, 15) is 28.8 Å². The maximum atomic E-state index is 10.6. The molecule has 45 heavy (non-hydrogen) atoms. The van der Waals surface area contributed by atoms with Crippen LogP contribution in [0.25, 0.3) is 0 Å². The number of carbonyl (C=O) groups is 7. The zero-order valence-electron chi connectivity index (χ0n) is 28.7. The summed E-state index contributed by atoms with van der Waals surface area (Å²) in [4.78, 5) is 72.4. The molecule has 2 N–H and O–H groups in total. The third-order valence-electron chi connectivity index (χ3n) is 4.12. The van der Waals surface area contributed by atoms with Crippen LogP contribution in [0, 0.1) is 11.8 Å². The maximum Gasteiger partial charge on any atom is 1.00 e. The van der Waals surface area contributed by atoms with Gasteiger partial charge in [-0.3, -0.25) is 28.8 Å². The molecule has 0 bridgehead atoms. The van der Waals surface area contributed by atoms with Gasteiger partial charge < -0.3 is 49.1 Å². The summed E-state index contributed by atoms with van der Waals surface area (Å²) in [7, 11) is 6.78. The van der Waals surface area contributed by atoms with Crippen LogP contribution in [0.3, 0.4) is 0 Å². The Morgan fingerprint density at radius 2 is 0.911 bits per heavy atom. The van der Waals surface area contributed by atoms with E-state index in [1.807, 2.05) is 12.6 Å². The number of aliphatic carboxylic acids is 1. The van der Waals surface area contributed by atoms with Crippen LogP contribution in [0.4, 0.5) is 0 Å². The first kappa shape index (κ1) is 75.0. The fourth-order valence-electron chi connectivity index (χ4n) is 1.66. The Morgan fingerprint density at radius 1 is 0.689 bits per heavy atom. The van der Waals surface area contributed by atoms with Crippen LogP contribution in [0.15, 0.2) is 0 Å². The van der Waals surface area contributed by atoms with Crippen molar-refractivity contribution in [2.45, 2.75) is 48.5 Å². The van der Waals surface area contributed by atoms with Crippen LogP contribution in [-0.4, -0.2) is 126 Å². The summed E-state index contributed by atoms with van der Waals surface area (Å²) in [6.07, 6.45) is -0.312. The summed E-state index contributed by atoms with van der Waals surface area (Å²) >= 11 is 2.94. The SMILES string of the molecule is C.C=O.CBr.CCN(CC)CC.COC(=O)C(C)C(=O)O.COC(=O)C(C)C(=O)OC.COC(=O)CC(=O)OC.C[O-].[K+].[Na+].[OH-]. The number of rotatable bonds is 9. The quantitative estimate of drug-likeness (QED) is 0.0762. The second-order valence-electron chi connectivity index (χ2n) is 6.30. The van der Waals surface area contributed by atoms with E-state index in [4.69, 9.17) is 15.0 Å². The van der Waals surface area contributed by atoms with E-state index in [1.54, 1.807) is 0 Å². The Kier molecular flexibility index (Phi) is 104. The molecule has 0 aromatic rings. The van der Waals surface area contributed by atoms with Gasteiger partial charge in [-0.15, -0.1) is 0 Å². The van der Waals surface area contributed by atoms with Gasteiger partial charge in [-0.05, 0) is 39.3 Å². The molecule has 0 heterocycles. The summed E-state index contributed by atoms with van der Waals surface area (Å²) in [6.45, 7) is 14.8. The Labute approximate surface area is 342 Å². The number of nitrogens with zero attached hydrogens (tertiary/aromatic N) is 1. The second kappa shape index (κ2) is 62.3. The average Bonchev–Trinajstić information content (AvgIpc) is 3.03. The molecule has 0 amide bonds. The van der Waals surface area contributed by atoms with E-state index >= 15 is 0 Å². The molecular formula is C26H54BrKNNaO15. The Balaban J connectivity index is -0.0000000351. The molecule has 262 valence electrons. The zero-order valence-corrected chi connectivity index (χ0v) is 35.4. The molecule has 0 radical (unpaired) electrons. The Bertz CT molecular complexity index is 636. The van der Waals surface area contributed by atoms with Gasteiger partial charge in [-0.1, -0.05) is 44.1 Å². The van der Waals surface area contributed by atoms with Crippen molar-refractivity contribution in [2.75, 3.05) is 68.1 Å². The minimum absolute atomic E-state index is 0. The minimum Gasteiger partial charge on any atom is -0.870 e. The average molecular weight is 763 g/mol. The third-order valence-corrected chi connectivity index (χ3v) is 4.12. The van der Waals surface area contributed by atoms with Gasteiger partial charge in [0.05, 0.1) is 35.5 Å². The number of carbonyl (C=O) groups excluding carboxylic acids is 6. The van der Waals surface area contributed by atoms with Crippen molar-refractivity contribution in [1.82, 2.24) is 4.90 Å². The largest absolute Gasteiger partial charge is 1.00 e. The van der Waals surface area contributed by atoms with E-state index in [0.717, 1.165) is 14.2 Å². The molecule has 0 aliphatic heterocycles. The number of halogens is 1. The molecule has 0 spiro atoms. The van der Waals surface area contributed by atoms with E-state index < -0.39 is 47.7 Å². The number of hydrogen-bond acceptors (Lipinski definition) is 15. The van der Waals surface area contributed by atoms with Crippen molar-refractivity contribution in [3.05, 3.63) is 0 Å². The summed E-state index contributed by atoms with van der Waals surface area (Å²) in [6, 6.07) is 0. The van der Waals surface area contributed by atoms with Crippen molar-refractivity contribution >= 4 is 58.5 Å². The van der Waals surface area contributed by atoms with Gasteiger partial charge in [-0.2, -0.15) is 7.11 Å². The summed E-state index contributed by atoms with van der Waals surface area (Å²) in [5.74, 6) is -4.27. The Morgan fingerprint density at radius 3 is 1.02 bits per heavy atom. The molecule has 16 nitrogen and oxygen atoms in total. The second-order valence-corrected chi connectivity index (χ2v) is 6.30. The molecule has 1 unspecified atom stereocenters. The number of ether oxygens (including phenoxy) is 5. The van der Waals surface area contributed by atoms with Crippen molar-refractivity contribution < 1.29 is 154 Å². The van der Waals surface area contributed by atoms with Gasteiger partial charge in [0.2, 0.25) is 0 Å². The molecule has 1 atom stereocenters. The third kappa shape index (κ3) is 59.4. The first-order valence-corrected chi connectivity index (χ1v) is 13.3. The van der Waals surface area contributed by atoms with Gasteiger partial charge in [-0.25, -0.2) is 0 Å². The monoisotopic (exact) mass is 761 g/mol. The predicted molar refractivity (Wildman–Crippen MR) is 161 cm³/mol. The van der Waals surface area contributed by atoms with E-state index in [-0.39, 0.29) is 100 Å². The summed E-state index contributed by atoms with van der Waals surface area (Å²) in [5.41, 5.74) is 0. The fraction of sp³-hybridized carbons (Fsp3) is 0.731. The van der Waals surface area contributed by atoms with Crippen LogP contribution < -0.4 is 86.0 Å². The minimum atomic E-state index is -1.16. The molecule has 0 aromatic heterocycles. The molecule has 0 fully saturated rings.